The molecule has 0 rings (SSSR count). The molecule has 13 heavy (non-hydrogen) atoms. The molecule has 1 heteroatoms. The van der Waals surface area contributed by atoms with Crippen molar-refractivity contribution < 1.29 is 0 Å². The topological polar surface area (TPSA) is 12.0 Å². The van der Waals surface area contributed by atoms with Crippen molar-refractivity contribution in [2.75, 3.05) is 6.54 Å². The highest BCUT2D eigenvalue weighted by Gasteiger charge is 2.09. The average Bonchev–Trinajstić information content (AvgIpc) is 2.14. The highest BCUT2D eigenvalue weighted by Crippen LogP contribution is 2.13. The monoisotopic (exact) mass is 185 g/mol. The lowest BCUT2D eigenvalue weighted by molar-refractivity contribution is 0.375. The Labute approximate surface area is 84.3 Å². The summed E-state index contributed by atoms with van der Waals surface area (Å²) in [5.74, 6) is 0.876. The SMILES string of the molecule is CCCCC(CC(C)CC)NCC. The van der Waals surface area contributed by atoms with E-state index in [4.69, 9.17) is 0 Å². The van der Waals surface area contributed by atoms with Gasteiger partial charge >= 0.3 is 0 Å². The van der Waals surface area contributed by atoms with Gasteiger partial charge in [-0.2, -0.15) is 0 Å². The predicted octanol–water partition coefficient (Wildman–Crippen LogP) is 3.59. The molecular weight excluding hydrogens is 158 g/mol. The minimum absolute atomic E-state index is 0.764. The summed E-state index contributed by atoms with van der Waals surface area (Å²) in [5, 5.41) is 3.58. The van der Waals surface area contributed by atoms with Gasteiger partial charge in [0.05, 0.1) is 0 Å². The summed E-state index contributed by atoms with van der Waals surface area (Å²) in [7, 11) is 0. The van der Waals surface area contributed by atoms with Gasteiger partial charge in [0.25, 0.3) is 0 Å². The van der Waals surface area contributed by atoms with E-state index < -0.39 is 0 Å². The van der Waals surface area contributed by atoms with Crippen LogP contribution in [0.3, 0.4) is 0 Å². The molecule has 0 radical (unpaired) electrons. The third-order valence-electron chi connectivity index (χ3n) is 2.78. The second-order valence-corrected chi connectivity index (χ2v) is 4.15. The average molecular weight is 185 g/mol. The van der Waals surface area contributed by atoms with Crippen LogP contribution in [0.1, 0.15) is 59.8 Å². The molecule has 0 aliphatic rings. The maximum atomic E-state index is 3.58. The van der Waals surface area contributed by atoms with Crippen LogP contribution in [0.15, 0.2) is 0 Å². The van der Waals surface area contributed by atoms with Gasteiger partial charge in [0.2, 0.25) is 0 Å². The molecular formula is C12H27N. The van der Waals surface area contributed by atoms with Crippen molar-refractivity contribution in [3.8, 4) is 0 Å². The molecule has 2 unspecified atom stereocenters. The van der Waals surface area contributed by atoms with Gasteiger partial charge < -0.3 is 5.32 Å². The fraction of sp³-hybridized carbons (Fsp3) is 1.00. The van der Waals surface area contributed by atoms with Gasteiger partial charge in [-0.15, -0.1) is 0 Å². The Bertz CT molecular complexity index is 101. The molecule has 0 spiro atoms. The Hall–Kier alpha value is -0.0400. The zero-order valence-corrected chi connectivity index (χ0v) is 9.90. The van der Waals surface area contributed by atoms with Crippen molar-refractivity contribution in [3.05, 3.63) is 0 Å². The van der Waals surface area contributed by atoms with E-state index in [1.807, 2.05) is 0 Å². The van der Waals surface area contributed by atoms with Crippen molar-refractivity contribution in [2.24, 2.45) is 5.92 Å². The third-order valence-corrected chi connectivity index (χ3v) is 2.78. The smallest absolute Gasteiger partial charge is 0.00694 e. The van der Waals surface area contributed by atoms with Crippen molar-refractivity contribution in [3.63, 3.8) is 0 Å². The zero-order valence-electron chi connectivity index (χ0n) is 9.90. The van der Waals surface area contributed by atoms with E-state index in [0.29, 0.717) is 0 Å². The predicted molar refractivity (Wildman–Crippen MR) is 61.1 cm³/mol. The fourth-order valence-corrected chi connectivity index (χ4v) is 1.69. The van der Waals surface area contributed by atoms with Crippen LogP contribution < -0.4 is 5.32 Å². The van der Waals surface area contributed by atoms with Crippen LogP contribution in [0.5, 0.6) is 0 Å². The Morgan fingerprint density at radius 2 is 1.85 bits per heavy atom. The number of nitrogens with one attached hydrogen (secondary N) is 1. The zero-order chi connectivity index (χ0) is 10.1. The molecule has 0 saturated carbocycles. The minimum atomic E-state index is 0.764. The van der Waals surface area contributed by atoms with Gasteiger partial charge in [-0.25, -0.2) is 0 Å². The number of rotatable bonds is 8. The Kier molecular flexibility index (Phi) is 8.53. The first-order valence-corrected chi connectivity index (χ1v) is 5.97. The molecule has 0 saturated heterocycles. The van der Waals surface area contributed by atoms with E-state index in [9.17, 15) is 0 Å². The van der Waals surface area contributed by atoms with E-state index >= 15 is 0 Å². The van der Waals surface area contributed by atoms with Crippen molar-refractivity contribution in [1.82, 2.24) is 5.32 Å². The van der Waals surface area contributed by atoms with Crippen molar-refractivity contribution in [2.45, 2.75) is 65.8 Å². The molecule has 0 bridgehead atoms. The third kappa shape index (κ3) is 7.06. The molecule has 0 aliphatic carbocycles. The molecule has 0 aliphatic heterocycles. The van der Waals surface area contributed by atoms with Gasteiger partial charge in [0, 0.05) is 6.04 Å². The lowest BCUT2D eigenvalue weighted by Gasteiger charge is -2.20. The van der Waals surface area contributed by atoms with Crippen molar-refractivity contribution in [1.29, 1.82) is 0 Å². The lowest BCUT2D eigenvalue weighted by Crippen LogP contribution is -2.30. The van der Waals surface area contributed by atoms with Crippen LogP contribution in [0.2, 0.25) is 0 Å². The Balaban J connectivity index is 3.65. The quantitative estimate of drug-likeness (QED) is 0.609. The minimum Gasteiger partial charge on any atom is -0.314 e. The summed E-state index contributed by atoms with van der Waals surface area (Å²) in [6, 6.07) is 0.764. The molecule has 2 atom stereocenters. The molecule has 80 valence electrons. The molecule has 0 aromatic heterocycles. The summed E-state index contributed by atoms with van der Waals surface area (Å²) >= 11 is 0. The number of hydrogen-bond donors (Lipinski definition) is 1. The second kappa shape index (κ2) is 8.55. The van der Waals surface area contributed by atoms with Gasteiger partial charge in [-0.05, 0) is 25.3 Å². The first-order valence-electron chi connectivity index (χ1n) is 5.97. The highest BCUT2D eigenvalue weighted by molar-refractivity contribution is 4.68. The van der Waals surface area contributed by atoms with E-state index in [-0.39, 0.29) is 0 Å². The Morgan fingerprint density at radius 3 is 2.31 bits per heavy atom. The fourth-order valence-electron chi connectivity index (χ4n) is 1.69. The van der Waals surface area contributed by atoms with Crippen LogP contribution in [-0.2, 0) is 0 Å². The van der Waals surface area contributed by atoms with Crippen molar-refractivity contribution >= 4 is 0 Å². The highest BCUT2D eigenvalue weighted by atomic mass is 14.9. The summed E-state index contributed by atoms with van der Waals surface area (Å²) in [4.78, 5) is 0. The largest absolute Gasteiger partial charge is 0.314 e. The van der Waals surface area contributed by atoms with Gasteiger partial charge in [0.15, 0.2) is 0 Å². The molecule has 0 aromatic carbocycles. The standard InChI is InChI=1S/C12H27N/c1-5-8-9-12(13-7-3)10-11(4)6-2/h11-13H,5-10H2,1-4H3. The van der Waals surface area contributed by atoms with Gasteiger partial charge in [-0.1, -0.05) is 47.0 Å². The first-order chi connectivity index (χ1) is 6.24. The van der Waals surface area contributed by atoms with E-state index in [1.165, 1.54) is 32.1 Å². The summed E-state index contributed by atoms with van der Waals surface area (Å²) in [6.45, 7) is 10.2. The maximum absolute atomic E-state index is 3.58. The number of unbranched alkanes of at least 4 members (excludes halogenated alkanes) is 1. The van der Waals surface area contributed by atoms with Crippen LogP contribution in [0.4, 0.5) is 0 Å². The maximum Gasteiger partial charge on any atom is 0.00694 e. The van der Waals surface area contributed by atoms with Gasteiger partial charge in [0.1, 0.15) is 0 Å². The normalized spacial score (nSPS) is 15.7. The lowest BCUT2D eigenvalue weighted by atomic mass is 9.96. The summed E-state index contributed by atoms with van der Waals surface area (Å²) in [5.41, 5.74) is 0. The van der Waals surface area contributed by atoms with E-state index in [2.05, 4.69) is 33.0 Å². The molecule has 0 fully saturated rings. The van der Waals surface area contributed by atoms with Crippen LogP contribution >= 0.6 is 0 Å². The Morgan fingerprint density at radius 1 is 1.15 bits per heavy atom. The van der Waals surface area contributed by atoms with Crippen LogP contribution in [0.25, 0.3) is 0 Å². The molecule has 0 heterocycles. The number of hydrogen-bond acceptors (Lipinski definition) is 1. The molecule has 0 amide bonds. The first kappa shape index (κ1) is 13.0. The van der Waals surface area contributed by atoms with E-state index in [1.54, 1.807) is 0 Å². The molecule has 1 nitrogen and oxygen atoms in total. The summed E-state index contributed by atoms with van der Waals surface area (Å²) in [6.07, 6.45) is 6.71. The van der Waals surface area contributed by atoms with Gasteiger partial charge in [-0.3, -0.25) is 0 Å². The second-order valence-electron chi connectivity index (χ2n) is 4.15. The van der Waals surface area contributed by atoms with Crippen LogP contribution in [-0.4, -0.2) is 12.6 Å². The molecule has 1 N–H and O–H groups in total. The molecule has 0 aromatic rings. The summed E-state index contributed by atoms with van der Waals surface area (Å²) < 4.78 is 0. The van der Waals surface area contributed by atoms with Crippen LogP contribution in [0, 0.1) is 5.92 Å². The van der Waals surface area contributed by atoms with E-state index in [0.717, 1.165) is 18.5 Å².